The van der Waals surface area contributed by atoms with Gasteiger partial charge in [-0.05, 0) is 30.3 Å². The van der Waals surface area contributed by atoms with Gasteiger partial charge in [0.1, 0.15) is 6.54 Å². The van der Waals surface area contributed by atoms with Crippen molar-refractivity contribution in [3.63, 3.8) is 0 Å². The largest absolute Gasteiger partial charge is 0.480 e. The molecule has 0 aliphatic rings. The highest BCUT2D eigenvalue weighted by atomic mass is 35.5. The highest BCUT2D eigenvalue weighted by Gasteiger charge is 2.13. The molecule has 2 rings (SSSR count). The van der Waals surface area contributed by atoms with Crippen LogP contribution in [0.3, 0.4) is 0 Å². The predicted octanol–water partition coefficient (Wildman–Crippen LogP) is 2.16. The number of aryl methyl sites for hydroxylation is 1. The summed E-state index contributed by atoms with van der Waals surface area (Å²) in [5.74, 6) is -0.878. The zero-order chi connectivity index (χ0) is 13.8. The van der Waals surface area contributed by atoms with Crippen molar-refractivity contribution >= 4 is 23.3 Å². The number of aliphatic carboxylic acids is 1. The van der Waals surface area contributed by atoms with Crippen molar-refractivity contribution in [3.05, 3.63) is 47.2 Å². The van der Waals surface area contributed by atoms with E-state index in [1.165, 1.54) is 0 Å². The SMILES string of the molecule is Cn1nccc1CN(CC(=O)O)c1ccc(Cl)cc1. The standard InChI is InChI=1S/C13H14ClN3O2/c1-16-12(6-7-15-16)8-17(9-13(18)19)11-4-2-10(14)3-5-11/h2-7H,8-9H2,1H3,(H,18,19). The normalized spacial score (nSPS) is 10.4. The molecule has 1 aromatic carbocycles. The monoisotopic (exact) mass is 279 g/mol. The van der Waals surface area contributed by atoms with Gasteiger partial charge in [-0.15, -0.1) is 0 Å². The molecule has 1 heterocycles. The summed E-state index contributed by atoms with van der Waals surface area (Å²) >= 11 is 5.84. The zero-order valence-corrected chi connectivity index (χ0v) is 11.2. The third-order valence-electron chi connectivity index (χ3n) is 2.79. The first-order chi connectivity index (χ1) is 9.06. The van der Waals surface area contributed by atoms with Gasteiger partial charge in [-0.1, -0.05) is 11.6 Å². The van der Waals surface area contributed by atoms with E-state index in [9.17, 15) is 4.79 Å². The number of hydrogen-bond donors (Lipinski definition) is 1. The smallest absolute Gasteiger partial charge is 0.323 e. The Balaban J connectivity index is 2.23. The van der Waals surface area contributed by atoms with Crippen LogP contribution in [0.2, 0.25) is 5.02 Å². The van der Waals surface area contributed by atoms with Crippen LogP contribution in [0.1, 0.15) is 5.69 Å². The summed E-state index contributed by atoms with van der Waals surface area (Å²) in [6, 6.07) is 8.97. The van der Waals surface area contributed by atoms with Gasteiger partial charge in [-0.2, -0.15) is 5.10 Å². The molecule has 0 saturated heterocycles. The summed E-state index contributed by atoms with van der Waals surface area (Å²) in [6.07, 6.45) is 1.69. The Hall–Kier alpha value is -2.01. The lowest BCUT2D eigenvalue weighted by molar-refractivity contribution is -0.135. The first-order valence-electron chi connectivity index (χ1n) is 5.75. The van der Waals surface area contributed by atoms with Crippen LogP contribution in [0.4, 0.5) is 5.69 Å². The quantitative estimate of drug-likeness (QED) is 0.911. The van der Waals surface area contributed by atoms with Crippen molar-refractivity contribution < 1.29 is 9.90 Å². The molecular weight excluding hydrogens is 266 g/mol. The number of carboxylic acids is 1. The van der Waals surface area contributed by atoms with E-state index in [1.807, 2.05) is 25.2 Å². The summed E-state index contributed by atoms with van der Waals surface area (Å²) < 4.78 is 1.73. The maximum atomic E-state index is 11.0. The Labute approximate surface area is 116 Å². The van der Waals surface area contributed by atoms with Crippen LogP contribution in [-0.4, -0.2) is 27.4 Å². The molecule has 19 heavy (non-hydrogen) atoms. The van der Waals surface area contributed by atoms with Gasteiger partial charge in [0.15, 0.2) is 0 Å². The molecule has 0 spiro atoms. The molecule has 6 heteroatoms. The van der Waals surface area contributed by atoms with Gasteiger partial charge < -0.3 is 10.0 Å². The average Bonchev–Trinajstić information content (AvgIpc) is 2.75. The minimum Gasteiger partial charge on any atom is -0.480 e. The molecule has 0 atom stereocenters. The van der Waals surface area contributed by atoms with Crippen molar-refractivity contribution in [2.24, 2.45) is 7.05 Å². The zero-order valence-electron chi connectivity index (χ0n) is 10.5. The first-order valence-corrected chi connectivity index (χ1v) is 6.13. The Morgan fingerprint density at radius 1 is 1.37 bits per heavy atom. The van der Waals surface area contributed by atoms with Crippen LogP contribution in [-0.2, 0) is 18.4 Å². The second kappa shape index (κ2) is 5.75. The molecule has 0 amide bonds. The molecule has 0 bridgehead atoms. The maximum absolute atomic E-state index is 11.0. The second-order valence-corrected chi connectivity index (χ2v) is 4.61. The molecule has 0 unspecified atom stereocenters. The molecule has 0 saturated carbocycles. The van der Waals surface area contributed by atoms with E-state index in [-0.39, 0.29) is 6.54 Å². The van der Waals surface area contributed by atoms with Crippen LogP contribution in [0.15, 0.2) is 36.5 Å². The highest BCUT2D eigenvalue weighted by molar-refractivity contribution is 6.30. The number of carboxylic acid groups (broad SMARTS) is 1. The van der Waals surface area contributed by atoms with E-state index in [2.05, 4.69) is 5.10 Å². The van der Waals surface area contributed by atoms with Crippen molar-refractivity contribution in [2.45, 2.75) is 6.54 Å². The van der Waals surface area contributed by atoms with E-state index in [0.717, 1.165) is 11.4 Å². The topological polar surface area (TPSA) is 58.4 Å². The fourth-order valence-corrected chi connectivity index (χ4v) is 1.93. The highest BCUT2D eigenvalue weighted by Crippen LogP contribution is 2.19. The first kappa shape index (κ1) is 13.4. The van der Waals surface area contributed by atoms with Gasteiger partial charge in [0.25, 0.3) is 0 Å². The summed E-state index contributed by atoms with van der Waals surface area (Å²) in [4.78, 5) is 12.7. The summed E-state index contributed by atoms with van der Waals surface area (Å²) in [6.45, 7) is 0.400. The lowest BCUT2D eigenvalue weighted by Crippen LogP contribution is -2.30. The number of halogens is 1. The summed E-state index contributed by atoms with van der Waals surface area (Å²) in [5.41, 5.74) is 1.75. The molecule has 2 aromatic rings. The Kier molecular flexibility index (Phi) is 4.06. The minimum atomic E-state index is -0.878. The molecule has 0 radical (unpaired) electrons. The van der Waals surface area contributed by atoms with Crippen LogP contribution in [0.5, 0.6) is 0 Å². The number of rotatable bonds is 5. The fraction of sp³-hybridized carbons (Fsp3) is 0.231. The van der Waals surface area contributed by atoms with Gasteiger partial charge in [0.2, 0.25) is 0 Å². The van der Waals surface area contributed by atoms with E-state index in [4.69, 9.17) is 16.7 Å². The van der Waals surface area contributed by atoms with Crippen LogP contribution in [0, 0.1) is 0 Å². The molecule has 100 valence electrons. The molecule has 1 N–H and O–H groups in total. The molecule has 0 aliphatic carbocycles. The Morgan fingerprint density at radius 3 is 2.58 bits per heavy atom. The molecule has 0 fully saturated rings. The van der Waals surface area contributed by atoms with Crippen LogP contribution >= 0.6 is 11.6 Å². The van der Waals surface area contributed by atoms with E-state index in [1.54, 1.807) is 27.9 Å². The van der Waals surface area contributed by atoms with Gasteiger partial charge >= 0.3 is 5.97 Å². The number of anilines is 1. The van der Waals surface area contributed by atoms with Crippen molar-refractivity contribution in [3.8, 4) is 0 Å². The van der Waals surface area contributed by atoms with Crippen molar-refractivity contribution in [1.29, 1.82) is 0 Å². The van der Waals surface area contributed by atoms with Gasteiger partial charge in [0.05, 0.1) is 12.2 Å². The van der Waals surface area contributed by atoms with Crippen molar-refractivity contribution in [1.82, 2.24) is 9.78 Å². The third kappa shape index (κ3) is 3.48. The number of hydrogen-bond acceptors (Lipinski definition) is 3. The summed E-state index contributed by atoms with van der Waals surface area (Å²) in [5, 5.41) is 13.7. The average molecular weight is 280 g/mol. The van der Waals surface area contributed by atoms with E-state index in [0.29, 0.717) is 11.6 Å². The maximum Gasteiger partial charge on any atom is 0.323 e. The van der Waals surface area contributed by atoms with E-state index >= 15 is 0 Å². The molecule has 0 aliphatic heterocycles. The Morgan fingerprint density at radius 2 is 2.05 bits per heavy atom. The Bertz CT molecular complexity index is 566. The summed E-state index contributed by atoms with van der Waals surface area (Å²) in [7, 11) is 1.83. The van der Waals surface area contributed by atoms with Gasteiger partial charge in [-0.25, -0.2) is 0 Å². The lowest BCUT2D eigenvalue weighted by atomic mass is 10.2. The number of carbonyl (C=O) groups is 1. The second-order valence-electron chi connectivity index (χ2n) is 4.17. The molecule has 5 nitrogen and oxygen atoms in total. The molecular formula is C13H14ClN3O2. The minimum absolute atomic E-state index is 0.0766. The van der Waals surface area contributed by atoms with Gasteiger partial charge in [0, 0.05) is 24.0 Å². The molecule has 1 aromatic heterocycles. The number of aromatic nitrogens is 2. The van der Waals surface area contributed by atoms with Gasteiger partial charge in [-0.3, -0.25) is 9.48 Å². The number of benzene rings is 1. The van der Waals surface area contributed by atoms with Crippen LogP contribution < -0.4 is 4.90 Å². The van der Waals surface area contributed by atoms with Crippen LogP contribution in [0.25, 0.3) is 0 Å². The lowest BCUT2D eigenvalue weighted by Gasteiger charge is -2.22. The number of nitrogens with zero attached hydrogens (tertiary/aromatic N) is 3. The van der Waals surface area contributed by atoms with E-state index < -0.39 is 5.97 Å². The fourth-order valence-electron chi connectivity index (χ4n) is 1.81. The third-order valence-corrected chi connectivity index (χ3v) is 3.05. The predicted molar refractivity (Wildman–Crippen MR) is 73.3 cm³/mol. The van der Waals surface area contributed by atoms with Crippen molar-refractivity contribution in [2.75, 3.05) is 11.4 Å².